The summed E-state index contributed by atoms with van der Waals surface area (Å²) in [6.45, 7) is 4.44. The van der Waals surface area contributed by atoms with Crippen LogP contribution in [-0.4, -0.2) is 39.7 Å². The molecule has 3 heterocycles. The van der Waals surface area contributed by atoms with Crippen molar-refractivity contribution in [3.05, 3.63) is 77.4 Å². The molecule has 2 aliphatic rings. The molecule has 0 unspecified atom stereocenters. The number of thiocarbonyl (C=S) groups is 1. The molecule has 3 aromatic rings. The molecule has 1 aliphatic carbocycles. The molecule has 1 N–H and O–H groups in total. The van der Waals surface area contributed by atoms with Crippen molar-refractivity contribution in [3.8, 4) is 5.69 Å². The van der Waals surface area contributed by atoms with Crippen LogP contribution in [0.25, 0.3) is 5.69 Å². The molecule has 2 fully saturated rings. The first-order chi connectivity index (χ1) is 16.0. The number of hydrogen-bond acceptors (Lipinski definition) is 3. The number of benzene rings is 1. The maximum atomic E-state index is 5.92. The summed E-state index contributed by atoms with van der Waals surface area (Å²) < 4.78 is 2.37. The average Bonchev–Trinajstić information content (AvgIpc) is 3.52. The normalized spacial score (nSPS) is 21.0. The van der Waals surface area contributed by atoms with Crippen molar-refractivity contribution in [3.63, 3.8) is 0 Å². The van der Waals surface area contributed by atoms with Crippen molar-refractivity contribution in [1.29, 1.82) is 0 Å². The van der Waals surface area contributed by atoms with Gasteiger partial charge in [0.05, 0.1) is 17.8 Å². The Bertz CT molecular complexity index is 1130. The Morgan fingerprint density at radius 3 is 2.39 bits per heavy atom. The minimum atomic E-state index is 0.0457. The minimum absolute atomic E-state index is 0.0457. The summed E-state index contributed by atoms with van der Waals surface area (Å²) in [5.41, 5.74) is 7.28. The summed E-state index contributed by atoms with van der Waals surface area (Å²) in [4.78, 5) is 9.34. The molecule has 0 spiro atoms. The van der Waals surface area contributed by atoms with Crippen molar-refractivity contribution in [2.75, 3.05) is 19.0 Å². The largest absolute Gasteiger partial charge is 0.378 e. The molecule has 5 rings (SSSR count). The van der Waals surface area contributed by atoms with E-state index in [2.05, 4.69) is 90.1 Å². The van der Waals surface area contributed by atoms with E-state index in [4.69, 9.17) is 17.2 Å². The first-order valence-electron chi connectivity index (χ1n) is 11.9. The van der Waals surface area contributed by atoms with Crippen LogP contribution in [0.4, 0.5) is 5.69 Å². The van der Waals surface area contributed by atoms with E-state index in [9.17, 15) is 0 Å². The highest BCUT2D eigenvalue weighted by Crippen LogP contribution is 2.44. The van der Waals surface area contributed by atoms with Crippen LogP contribution in [0.3, 0.4) is 0 Å². The van der Waals surface area contributed by atoms with E-state index < -0.39 is 0 Å². The number of nitrogens with one attached hydrogen (secondary N) is 1. The predicted molar refractivity (Wildman–Crippen MR) is 139 cm³/mol. The van der Waals surface area contributed by atoms with Crippen LogP contribution in [0.5, 0.6) is 0 Å². The maximum Gasteiger partial charge on any atom is 0.170 e. The third kappa shape index (κ3) is 3.90. The fourth-order valence-corrected chi connectivity index (χ4v) is 6.05. The van der Waals surface area contributed by atoms with Crippen molar-refractivity contribution < 1.29 is 0 Å². The Hall–Kier alpha value is -2.86. The molecule has 2 aromatic heterocycles. The molecule has 172 valence electrons. The molecule has 1 saturated carbocycles. The maximum absolute atomic E-state index is 5.92. The van der Waals surface area contributed by atoms with Crippen molar-refractivity contribution >= 4 is 23.0 Å². The molecule has 0 bridgehead atoms. The molecule has 1 aromatic carbocycles. The Balaban J connectivity index is 1.60. The molecule has 0 amide bonds. The molecular weight excluding hydrogens is 426 g/mol. The van der Waals surface area contributed by atoms with E-state index in [-0.39, 0.29) is 12.1 Å². The lowest BCUT2D eigenvalue weighted by molar-refractivity contribution is 0.245. The first-order valence-corrected chi connectivity index (χ1v) is 12.3. The van der Waals surface area contributed by atoms with Gasteiger partial charge in [-0.25, -0.2) is 0 Å². The van der Waals surface area contributed by atoms with Gasteiger partial charge >= 0.3 is 0 Å². The fraction of sp³-hybridized carbons (Fsp3) is 0.407. The van der Waals surface area contributed by atoms with Crippen LogP contribution in [0, 0.1) is 13.8 Å². The summed E-state index contributed by atoms with van der Waals surface area (Å²) in [6.07, 6.45) is 6.85. The van der Waals surface area contributed by atoms with Crippen LogP contribution >= 0.6 is 12.2 Å². The second-order valence-corrected chi connectivity index (χ2v) is 9.93. The standard InChI is InChI=1S/C27H33N5S/c1-18-17-23(19(2)31(18)22-14-12-20(13-15-22)30(3)4)26-25(24-11-7-8-16-28-24)29-27(33)32(26)21-9-5-6-10-21/h7-8,11-17,21,25-26H,5-6,9-10H2,1-4H3,(H,29,33)/t25-,26+/m1/s1. The second kappa shape index (κ2) is 8.82. The summed E-state index contributed by atoms with van der Waals surface area (Å²) >= 11 is 5.92. The number of aromatic nitrogens is 2. The SMILES string of the molecule is Cc1cc([C@H]2[C@@H](c3ccccn3)NC(=S)N2C2CCCC2)c(C)n1-c1ccc(N(C)C)cc1. The monoisotopic (exact) mass is 459 g/mol. The second-order valence-electron chi connectivity index (χ2n) is 9.54. The first kappa shape index (κ1) is 22.0. The lowest BCUT2D eigenvalue weighted by Crippen LogP contribution is -2.37. The summed E-state index contributed by atoms with van der Waals surface area (Å²) in [5, 5.41) is 4.51. The number of nitrogens with zero attached hydrogens (tertiary/aromatic N) is 4. The van der Waals surface area contributed by atoms with Gasteiger partial charge in [-0.3, -0.25) is 4.98 Å². The molecular formula is C27H33N5S. The van der Waals surface area contributed by atoms with Gasteiger partial charge in [0, 0.05) is 49.1 Å². The molecule has 6 heteroatoms. The number of aryl methyl sites for hydroxylation is 1. The van der Waals surface area contributed by atoms with Crippen LogP contribution in [0.2, 0.25) is 0 Å². The van der Waals surface area contributed by atoms with Gasteiger partial charge in [-0.15, -0.1) is 0 Å². The summed E-state index contributed by atoms with van der Waals surface area (Å²) in [5.74, 6) is 0. The summed E-state index contributed by atoms with van der Waals surface area (Å²) in [7, 11) is 4.15. The predicted octanol–water partition coefficient (Wildman–Crippen LogP) is 5.47. The quantitative estimate of drug-likeness (QED) is 0.512. The van der Waals surface area contributed by atoms with Gasteiger partial charge in [0.25, 0.3) is 0 Å². The van der Waals surface area contributed by atoms with Gasteiger partial charge in [0.1, 0.15) is 0 Å². The molecule has 1 saturated heterocycles. The van der Waals surface area contributed by atoms with E-state index in [1.54, 1.807) is 0 Å². The highest BCUT2D eigenvalue weighted by molar-refractivity contribution is 7.80. The third-order valence-corrected chi connectivity index (χ3v) is 7.60. The molecule has 33 heavy (non-hydrogen) atoms. The van der Waals surface area contributed by atoms with Gasteiger partial charge < -0.3 is 19.7 Å². The van der Waals surface area contributed by atoms with Gasteiger partial charge in [-0.1, -0.05) is 18.9 Å². The highest BCUT2D eigenvalue weighted by Gasteiger charge is 2.44. The Labute approximate surface area is 202 Å². The van der Waals surface area contributed by atoms with Gasteiger partial charge in [-0.05, 0) is 86.9 Å². The van der Waals surface area contributed by atoms with Gasteiger partial charge in [0.2, 0.25) is 0 Å². The minimum Gasteiger partial charge on any atom is -0.378 e. The van der Waals surface area contributed by atoms with E-state index >= 15 is 0 Å². The van der Waals surface area contributed by atoms with Crippen LogP contribution in [-0.2, 0) is 0 Å². The number of rotatable bonds is 5. The molecule has 2 atom stereocenters. The molecule has 1 aliphatic heterocycles. The van der Waals surface area contributed by atoms with Gasteiger partial charge in [-0.2, -0.15) is 0 Å². The Morgan fingerprint density at radius 1 is 1.03 bits per heavy atom. The lowest BCUT2D eigenvalue weighted by atomic mass is 9.95. The van der Waals surface area contributed by atoms with E-state index in [1.165, 1.54) is 54.0 Å². The number of hydrogen-bond donors (Lipinski definition) is 1. The van der Waals surface area contributed by atoms with Crippen LogP contribution in [0.15, 0.2) is 54.7 Å². The van der Waals surface area contributed by atoms with Crippen LogP contribution < -0.4 is 10.2 Å². The number of anilines is 1. The highest BCUT2D eigenvalue weighted by atomic mass is 32.1. The smallest absolute Gasteiger partial charge is 0.170 e. The molecule has 0 radical (unpaired) electrons. The zero-order valence-electron chi connectivity index (χ0n) is 20.0. The van der Waals surface area contributed by atoms with Gasteiger partial charge in [0.15, 0.2) is 5.11 Å². The lowest BCUT2D eigenvalue weighted by Gasteiger charge is -2.33. The van der Waals surface area contributed by atoms with E-state index in [0.717, 1.165) is 10.8 Å². The molecule has 5 nitrogen and oxygen atoms in total. The average molecular weight is 460 g/mol. The van der Waals surface area contributed by atoms with Crippen molar-refractivity contribution in [1.82, 2.24) is 19.8 Å². The van der Waals surface area contributed by atoms with E-state index in [0.29, 0.717) is 6.04 Å². The Morgan fingerprint density at radius 2 is 1.76 bits per heavy atom. The topological polar surface area (TPSA) is 36.3 Å². The number of pyridine rings is 1. The zero-order valence-corrected chi connectivity index (χ0v) is 20.8. The van der Waals surface area contributed by atoms with Crippen molar-refractivity contribution in [2.45, 2.75) is 57.7 Å². The van der Waals surface area contributed by atoms with Crippen LogP contribution in [0.1, 0.15) is 60.4 Å². The summed E-state index contributed by atoms with van der Waals surface area (Å²) in [6, 6.07) is 18.0. The van der Waals surface area contributed by atoms with Crippen molar-refractivity contribution in [2.24, 2.45) is 0 Å². The zero-order chi connectivity index (χ0) is 23.1. The third-order valence-electron chi connectivity index (χ3n) is 7.27. The van der Waals surface area contributed by atoms with E-state index in [1.807, 2.05) is 12.3 Å². The Kier molecular flexibility index (Phi) is 5.87. The fourth-order valence-electron chi connectivity index (χ4n) is 5.66.